The quantitative estimate of drug-likeness (QED) is 0.383. The summed E-state index contributed by atoms with van der Waals surface area (Å²) in [5, 5.41) is 0. The SMILES string of the molecule is CCCC[O][Al+2].[H-].[H-]. The summed E-state index contributed by atoms with van der Waals surface area (Å²) >= 11 is 2.23. The standard InChI is InChI=1S/C4H9O.Al.2H/c1-2-3-4-5;;;/h2-4H2,1H3;;;/q-1;+3;2*-1. The Hall–Kier alpha value is 0.492. The first-order valence-electron chi connectivity index (χ1n) is 2.23. The molecule has 0 saturated carbocycles. The summed E-state index contributed by atoms with van der Waals surface area (Å²) in [5.41, 5.74) is 0. The zero-order valence-corrected chi connectivity index (χ0v) is 5.26. The van der Waals surface area contributed by atoms with Crippen molar-refractivity contribution in [2.75, 3.05) is 6.61 Å². The van der Waals surface area contributed by atoms with E-state index in [1.54, 1.807) is 0 Å². The van der Waals surface area contributed by atoms with E-state index in [9.17, 15) is 0 Å². The first-order valence-corrected chi connectivity index (χ1v) is 2.70. The number of unbranched alkanes of at least 4 members (excludes halogenated alkanes) is 1. The Balaban J connectivity index is -0.000000125. The van der Waals surface area contributed by atoms with Crippen molar-refractivity contribution < 1.29 is 6.64 Å². The molecular weight excluding hydrogens is 91.0 g/mol. The first kappa shape index (κ1) is 6.49. The number of hydrogen-bond donors (Lipinski definition) is 0. The third-order valence-corrected chi connectivity index (χ3v) is 0.851. The van der Waals surface area contributed by atoms with Gasteiger partial charge in [-0.15, -0.1) is 0 Å². The molecule has 0 atom stereocenters. The predicted molar refractivity (Wildman–Crippen MR) is 28.8 cm³/mol. The molecule has 0 aliphatic rings. The van der Waals surface area contributed by atoms with Gasteiger partial charge in [-0.1, -0.05) is 0 Å². The molecule has 0 bridgehead atoms. The van der Waals surface area contributed by atoms with Crippen LogP contribution in [0.15, 0.2) is 0 Å². The maximum atomic E-state index is 4.70. The average molecular weight is 102 g/mol. The Kier molecular flexibility index (Phi) is 5.94. The number of rotatable bonds is 3. The summed E-state index contributed by atoms with van der Waals surface area (Å²) in [7, 11) is 0. The summed E-state index contributed by atoms with van der Waals surface area (Å²) < 4.78 is 4.70. The van der Waals surface area contributed by atoms with Gasteiger partial charge in [0.25, 0.3) is 0 Å². The van der Waals surface area contributed by atoms with Crippen molar-refractivity contribution in [3.05, 3.63) is 0 Å². The van der Waals surface area contributed by atoms with Crippen molar-refractivity contribution >= 4 is 16.6 Å². The van der Waals surface area contributed by atoms with E-state index in [4.69, 9.17) is 3.79 Å². The molecule has 1 nitrogen and oxygen atoms in total. The molecule has 0 fully saturated rings. The van der Waals surface area contributed by atoms with Gasteiger partial charge in [0.2, 0.25) is 0 Å². The molecule has 36 valence electrons. The van der Waals surface area contributed by atoms with Crippen LogP contribution in [0.4, 0.5) is 0 Å². The normalized spacial score (nSPS) is 9.17. The summed E-state index contributed by atoms with van der Waals surface area (Å²) in [6.07, 6.45) is 2.39. The van der Waals surface area contributed by atoms with Crippen LogP contribution in [-0.4, -0.2) is 23.2 Å². The second kappa shape index (κ2) is 5.49. The van der Waals surface area contributed by atoms with Crippen LogP contribution in [0.1, 0.15) is 22.6 Å². The minimum absolute atomic E-state index is 0. The van der Waals surface area contributed by atoms with Gasteiger partial charge in [0.1, 0.15) is 0 Å². The molecule has 0 N–H and O–H groups in total. The van der Waals surface area contributed by atoms with E-state index >= 15 is 0 Å². The van der Waals surface area contributed by atoms with Crippen LogP contribution in [0.2, 0.25) is 0 Å². The van der Waals surface area contributed by atoms with Crippen molar-refractivity contribution in [2.24, 2.45) is 0 Å². The Bertz CT molecular complexity index is 26.0. The van der Waals surface area contributed by atoms with E-state index in [1.165, 1.54) is 12.8 Å². The fourth-order valence-corrected chi connectivity index (χ4v) is 0.394. The van der Waals surface area contributed by atoms with Gasteiger partial charge >= 0.3 is 46.8 Å². The molecule has 0 radical (unpaired) electrons. The van der Waals surface area contributed by atoms with E-state index in [0.717, 1.165) is 6.61 Å². The van der Waals surface area contributed by atoms with Crippen LogP contribution in [0.5, 0.6) is 0 Å². The van der Waals surface area contributed by atoms with E-state index < -0.39 is 0 Å². The van der Waals surface area contributed by atoms with Crippen molar-refractivity contribution in [2.45, 2.75) is 19.8 Å². The Morgan fingerprint density at radius 1 is 1.83 bits per heavy atom. The molecule has 0 unspecified atom stereocenters. The van der Waals surface area contributed by atoms with E-state index in [1.807, 2.05) is 0 Å². The largest absolute Gasteiger partial charge is 1.00 e. The number of hydrogen-bond acceptors (Lipinski definition) is 1. The zero-order valence-electron chi connectivity index (χ0n) is 6.11. The van der Waals surface area contributed by atoms with E-state index in [2.05, 4.69) is 23.5 Å². The Labute approximate surface area is 50.4 Å². The third-order valence-electron chi connectivity index (χ3n) is 0.616. The van der Waals surface area contributed by atoms with Gasteiger partial charge < -0.3 is 2.85 Å². The van der Waals surface area contributed by atoms with Gasteiger partial charge in [-0.05, 0) is 0 Å². The zero-order chi connectivity index (χ0) is 4.83. The Morgan fingerprint density at radius 2 is 2.50 bits per heavy atom. The molecule has 0 spiro atoms. The molecule has 0 amide bonds. The topological polar surface area (TPSA) is 9.23 Å². The maximum absolute atomic E-state index is 4.70. The van der Waals surface area contributed by atoms with Crippen molar-refractivity contribution in [3.8, 4) is 0 Å². The van der Waals surface area contributed by atoms with Crippen LogP contribution in [0.25, 0.3) is 0 Å². The fraction of sp³-hybridized carbons (Fsp3) is 1.00. The van der Waals surface area contributed by atoms with Gasteiger partial charge in [0.05, 0.1) is 0 Å². The molecule has 0 aromatic carbocycles. The molecule has 0 heterocycles. The van der Waals surface area contributed by atoms with E-state index in [-0.39, 0.29) is 2.85 Å². The van der Waals surface area contributed by atoms with Gasteiger partial charge in [-0.25, -0.2) is 0 Å². The van der Waals surface area contributed by atoms with Crippen LogP contribution in [0.3, 0.4) is 0 Å². The van der Waals surface area contributed by atoms with Crippen molar-refractivity contribution in [1.82, 2.24) is 0 Å². The first-order chi connectivity index (χ1) is 2.91. The van der Waals surface area contributed by atoms with Gasteiger partial charge in [0, 0.05) is 0 Å². The fourth-order valence-electron chi connectivity index (χ4n) is 0.228. The Morgan fingerprint density at radius 3 is 2.67 bits per heavy atom. The molecule has 0 aliphatic heterocycles. The predicted octanol–water partition coefficient (Wildman–Crippen LogP) is 1.11. The summed E-state index contributed by atoms with van der Waals surface area (Å²) in [4.78, 5) is 0. The maximum Gasteiger partial charge on any atom is -1.00 e. The molecule has 6 heavy (non-hydrogen) atoms. The minimum Gasteiger partial charge on any atom is -1.00 e. The molecule has 2 heteroatoms. The van der Waals surface area contributed by atoms with Crippen LogP contribution in [0, 0.1) is 0 Å². The van der Waals surface area contributed by atoms with Gasteiger partial charge in [-0.2, -0.15) is 0 Å². The molecule has 0 saturated heterocycles. The summed E-state index contributed by atoms with van der Waals surface area (Å²) in [5.74, 6) is 0. The van der Waals surface area contributed by atoms with Crippen molar-refractivity contribution in [3.63, 3.8) is 0 Å². The van der Waals surface area contributed by atoms with Crippen molar-refractivity contribution in [1.29, 1.82) is 0 Å². The second-order valence-corrected chi connectivity index (χ2v) is 1.56. The van der Waals surface area contributed by atoms with Gasteiger partial charge in [0.15, 0.2) is 0 Å². The van der Waals surface area contributed by atoms with Gasteiger partial charge in [-0.3, -0.25) is 0 Å². The summed E-state index contributed by atoms with van der Waals surface area (Å²) in [6.45, 7) is 3.02. The van der Waals surface area contributed by atoms with Crippen LogP contribution >= 0.6 is 0 Å². The molecule has 0 aliphatic carbocycles. The smallest absolute Gasteiger partial charge is 1.00 e. The molecule has 0 aromatic heterocycles. The summed E-state index contributed by atoms with van der Waals surface area (Å²) in [6, 6.07) is 0. The molecule has 0 rings (SSSR count). The average Bonchev–Trinajstić information content (AvgIpc) is 1.61. The molecule has 0 aromatic rings. The second-order valence-electron chi connectivity index (χ2n) is 1.22. The van der Waals surface area contributed by atoms with E-state index in [0.29, 0.717) is 0 Å². The monoisotopic (exact) mass is 102 g/mol. The minimum atomic E-state index is 0. The van der Waals surface area contributed by atoms with Crippen LogP contribution < -0.4 is 0 Å². The van der Waals surface area contributed by atoms with Crippen LogP contribution in [-0.2, 0) is 3.79 Å². The third kappa shape index (κ3) is 4.49. The molecular formula is C4H11AlO.